The highest BCUT2D eigenvalue weighted by atomic mass is 32.2. The zero-order chi connectivity index (χ0) is 21.1. The topological polar surface area (TPSA) is 110 Å². The van der Waals surface area contributed by atoms with Gasteiger partial charge in [0, 0.05) is 19.3 Å². The molecule has 3 heterocycles. The van der Waals surface area contributed by atoms with Crippen molar-refractivity contribution in [1.29, 1.82) is 0 Å². The highest BCUT2D eigenvalue weighted by Gasteiger charge is 2.39. The van der Waals surface area contributed by atoms with Crippen LogP contribution in [0, 0.1) is 0 Å². The van der Waals surface area contributed by atoms with Gasteiger partial charge in [-0.15, -0.1) is 5.10 Å². The number of carbonyl (C=O) groups excluding carboxylic acids is 1. The van der Waals surface area contributed by atoms with Crippen LogP contribution in [0.15, 0.2) is 47.5 Å². The van der Waals surface area contributed by atoms with Crippen LogP contribution in [0.1, 0.15) is 31.9 Å². The van der Waals surface area contributed by atoms with E-state index < -0.39 is 16.1 Å². The van der Waals surface area contributed by atoms with Crippen molar-refractivity contribution in [3.8, 4) is 0 Å². The fourth-order valence-electron chi connectivity index (χ4n) is 3.71. The molecule has 10 heteroatoms. The van der Waals surface area contributed by atoms with Gasteiger partial charge < -0.3 is 5.32 Å². The lowest BCUT2D eigenvalue weighted by molar-refractivity contribution is -0.124. The Bertz CT molecular complexity index is 1150. The van der Waals surface area contributed by atoms with Crippen LogP contribution >= 0.6 is 0 Å². The van der Waals surface area contributed by atoms with Crippen LogP contribution in [0.25, 0.3) is 11.0 Å². The molecule has 3 aromatic rings. The fraction of sp³-hybridized carbons (Fsp3) is 0.400. The maximum Gasteiger partial charge on any atom is 0.243 e. The minimum Gasteiger partial charge on any atom is -0.349 e. The molecule has 1 atom stereocenters. The fourth-order valence-corrected chi connectivity index (χ4v) is 5.39. The van der Waals surface area contributed by atoms with E-state index in [-0.39, 0.29) is 17.3 Å². The van der Waals surface area contributed by atoms with Gasteiger partial charge in [-0.05, 0) is 49.6 Å². The van der Waals surface area contributed by atoms with Crippen LogP contribution in [0.5, 0.6) is 0 Å². The van der Waals surface area contributed by atoms with Crippen LogP contribution in [-0.4, -0.2) is 51.2 Å². The third-order valence-electron chi connectivity index (χ3n) is 5.20. The average Bonchev–Trinajstić information content (AvgIpc) is 3.41. The molecule has 0 aliphatic carbocycles. The van der Waals surface area contributed by atoms with E-state index in [1.165, 1.54) is 10.4 Å². The lowest BCUT2D eigenvalue weighted by Crippen LogP contribution is -2.45. The highest BCUT2D eigenvalue weighted by molar-refractivity contribution is 7.89. The van der Waals surface area contributed by atoms with Gasteiger partial charge in [0.2, 0.25) is 15.9 Å². The first kappa shape index (κ1) is 20.4. The summed E-state index contributed by atoms with van der Waals surface area (Å²) in [5.41, 5.74) is 2.04. The second-order valence-corrected chi connectivity index (χ2v) is 9.17. The van der Waals surface area contributed by atoms with Crippen LogP contribution in [0.3, 0.4) is 0 Å². The van der Waals surface area contributed by atoms with Gasteiger partial charge >= 0.3 is 0 Å². The zero-order valence-electron chi connectivity index (χ0n) is 16.7. The molecule has 0 radical (unpaired) electrons. The summed E-state index contributed by atoms with van der Waals surface area (Å²) in [4.78, 5) is 17.0. The summed E-state index contributed by atoms with van der Waals surface area (Å²) in [6, 6.07) is 9.54. The summed E-state index contributed by atoms with van der Waals surface area (Å²) in [5, 5.41) is 11.0. The molecule has 1 aliphatic rings. The predicted octanol–water partition coefficient (Wildman–Crippen LogP) is 1.71. The van der Waals surface area contributed by atoms with E-state index >= 15 is 0 Å². The molecular weight excluding hydrogens is 404 g/mol. The normalized spacial score (nSPS) is 17.4. The van der Waals surface area contributed by atoms with Gasteiger partial charge in [-0.3, -0.25) is 9.78 Å². The van der Waals surface area contributed by atoms with E-state index in [9.17, 15) is 13.2 Å². The van der Waals surface area contributed by atoms with Crippen molar-refractivity contribution < 1.29 is 13.2 Å². The van der Waals surface area contributed by atoms with Gasteiger partial charge in [0.1, 0.15) is 11.6 Å². The highest BCUT2D eigenvalue weighted by Crippen LogP contribution is 2.28. The van der Waals surface area contributed by atoms with Crippen molar-refractivity contribution in [1.82, 2.24) is 29.6 Å². The van der Waals surface area contributed by atoms with Crippen LogP contribution in [0.4, 0.5) is 0 Å². The smallest absolute Gasteiger partial charge is 0.243 e. The molecule has 1 fully saturated rings. The van der Waals surface area contributed by atoms with Crippen molar-refractivity contribution in [2.24, 2.45) is 0 Å². The summed E-state index contributed by atoms with van der Waals surface area (Å²) in [6.45, 7) is 3.33. The molecule has 0 saturated carbocycles. The monoisotopic (exact) mass is 428 g/mol. The van der Waals surface area contributed by atoms with Crippen LogP contribution in [0.2, 0.25) is 0 Å². The van der Waals surface area contributed by atoms with Gasteiger partial charge in [0.05, 0.1) is 22.7 Å². The molecular formula is C20H24N6O3S. The molecule has 4 rings (SSSR count). The van der Waals surface area contributed by atoms with E-state index in [1.807, 2.05) is 19.1 Å². The minimum atomic E-state index is -3.83. The quantitative estimate of drug-likeness (QED) is 0.613. The first-order valence-corrected chi connectivity index (χ1v) is 11.5. The Morgan fingerprint density at radius 2 is 2.13 bits per heavy atom. The number of sulfonamides is 1. The number of carbonyl (C=O) groups is 1. The van der Waals surface area contributed by atoms with Crippen molar-refractivity contribution in [3.05, 3.63) is 48.3 Å². The number of amides is 1. The first-order valence-electron chi connectivity index (χ1n) is 10.0. The summed E-state index contributed by atoms with van der Waals surface area (Å²) < 4.78 is 29.6. The minimum absolute atomic E-state index is 0.128. The molecule has 9 nitrogen and oxygen atoms in total. The summed E-state index contributed by atoms with van der Waals surface area (Å²) in [7, 11) is -3.83. The molecule has 1 N–H and O–H groups in total. The Hall–Kier alpha value is -2.85. The van der Waals surface area contributed by atoms with Crippen LogP contribution < -0.4 is 5.32 Å². The molecule has 1 aliphatic heterocycles. The summed E-state index contributed by atoms with van der Waals surface area (Å²) in [6.07, 6.45) is 3.68. The van der Waals surface area contributed by atoms with Gasteiger partial charge in [0.25, 0.3) is 0 Å². The number of pyridine rings is 1. The molecule has 0 bridgehead atoms. The number of aryl methyl sites for hydroxylation is 1. The summed E-state index contributed by atoms with van der Waals surface area (Å²) >= 11 is 0. The molecule has 30 heavy (non-hydrogen) atoms. The number of nitrogens with zero attached hydrogens (tertiary/aromatic N) is 5. The van der Waals surface area contributed by atoms with E-state index in [0.29, 0.717) is 31.4 Å². The molecule has 1 unspecified atom stereocenters. The number of benzene rings is 1. The number of rotatable bonds is 7. The Kier molecular flexibility index (Phi) is 5.78. The molecule has 1 saturated heterocycles. The lowest BCUT2D eigenvalue weighted by atomic mass is 10.2. The summed E-state index contributed by atoms with van der Waals surface area (Å²) in [5.74, 6) is -0.309. The third kappa shape index (κ3) is 3.92. The Labute approximate surface area is 175 Å². The SMILES string of the molecule is CCCn1nnc2cc(S(=O)(=O)N3CCCC3C(=O)NCc3ccccn3)ccc21. The second kappa shape index (κ2) is 8.49. The van der Waals surface area contributed by atoms with Crippen molar-refractivity contribution in [2.45, 2.75) is 50.2 Å². The largest absolute Gasteiger partial charge is 0.349 e. The maximum atomic E-state index is 13.3. The van der Waals surface area contributed by atoms with Crippen molar-refractivity contribution in [2.75, 3.05) is 6.54 Å². The number of aromatic nitrogens is 4. The molecule has 2 aromatic heterocycles. The van der Waals surface area contributed by atoms with E-state index in [1.54, 1.807) is 29.1 Å². The van der Waals surface area contributed by atoms with Gasteiger partial charge in [0.15, 0.2) is 0 Å². The molecule has 158 valence electrons. The Morgan fingerprint density at radius 1 is 1.27 bits per heavy atom. The van der Waals surface area contributed by atoms with E-state index in [4.69, 9.17) is 0 Å². The van der Waals surface area contributed by atoms with E-state index in [0.717, 1.165) is 17.6 Å². The third-order valence-corrected chi connectivity index (χ3v) is 7.11. The second-order valence-electron chi connectivity index (χ2n) is 7.28. The Morgan fingerprint density at radius 3 is 2.90 bits per heavy atom. The Balaban J connectivity index is 1.53. The number of nitrogens with one attached hydrogen (secondary N) is 1. The average molecular weight is 429 g/mol. The maximum absolute atomic E-state index is 13.3. The molecule has 1 amide bonds. The van der Waals surface area contributed by atoms with Crippen LogP contribution in [-0.2, 0) is 27.9 Å². The van der Waals surface area contributed by atoms with Crippen molar-refractivity contribution >= 4 is 27.0 Å². The first-order chi connectivity index (χ1) is 14.5. The van der Waals surface area contributed by atoms with Gasteiger partial charge in [-0.2, -0.15) is 4.31 Å². The molecule has 0 spiro atoms. The standard InChI is InChI=1S/C20H24N6O3S/c1-2-11-25-18-9-8-16(13-17(18)23-24-25)30(28,29)26-12-5-7-19(26)20(27)22-14-15-6-3-4-10-21-15/h3-4,6,8-10,13,19H,2,5,7,11-12,14H2,1H3,(H,22,27). The number of hydrogen-bond donors (Lipinski definition) is 1. The lowest BCUT2D eigenvalue weighted by Gasteiger charge is -2.23. The van der Waals surface area contributed by atoms with Crippen molar-refractivity contribution in [3.63, 3.8) is 0 Å². The number of fused-ring (bicyclic) bond motifs is 1. The zero-order valence-corrected chi connectivity index (χ0v) is 17.5. The number of hydrogen-bond acceptors (Lipinski definition) is 6. The molecule has 1 aromatic carbocycles. The van der Waals surface area contributed by atoms with E-state index in [2.05, 4.69) is 20.6 Å². The van der Waals surface area contributed by atoms with Gasteiger partial charge in [-0.25, -0.2) is 13.1 Å². The van der Waals surface area contributed by atoms with Gasteiger partial charge in [-0.1, -0.05) is 18.2 Å². The predicted molar refractivity (Wildman–Crippen MR) is 111 cm³/mol.